The maximum absolute atomic E-state index is 5.39. The van der Waals surface area contributed by atoms with Gasteiger partial charge >= 0.3 is 0 Å². The number of nitrogens with zero attached hydrogens (tertiary/aromatic N) is 3. The van der Waals surface area contributed by atoms with Crippen LogP contribution in [0.25, 0.3) is 16.9 Å². The summed E-state index contributed by atoms with van der Waals surface area (Å²) in [6, 6.07) is 2.07. The van der Waals surface area contributed by atoms with Gasteiger partial charge in [0.1, 0.15) is 5.52 Å². The zero-order valence-electron chi connectivity index (χ0n) is 9.60. The van der Waals surface area contributed by atoms with Crippen LogP contribution in [-0.2, 0) is 6.54 Å². The standard InChI is InChI=1S/C11H12N4S2/c1-3-14-10-9(7(2)13-14)12-11(16)15(10)8-4-5-17-6-8/h4-6H,3H2,1-2H3,(H,12,16). The predicted octanol–water partition coefficient (Wildman–Crippen LogP) is 3.27. The molecular formula is C11H12N4S2. The molecule has 3 rings (SSSR count). The van der Waals surface area contributed by atoms with Crippen LogP contribution < -0.4 is 0 Å². The zero-order valence-corrected chi connectivity index (χ0v) is 11.2. The summed E-state index contributed by atoms with van der Waals surface area (Å²) in [7, 11) is 0. The second-order valence-corrected chi connectivity index (χ2v) is 5.01. The fourth-order valence-corrected chi connectivity index (χ4v) is 2.96. The molecule has 0 aromatic carbocycles. The molecule has 1 N–H and O–H groups in total. The van der Waals surface area contributed by atoms with E-state index in [4.69, 9.17) is 12.2 Å². The number of hydrogen-bond donors (Lipinski definition) is 1. The molecule has 0 aliphatic carbocycles. The summed E-state index contributed by atoms with van der Waals surface area (Å²) in [6.07, 6.45) is 0. The SMILES string of the molecule is CCn1nc(C)c2[nH]c(=S)n(-c3ccsc3)c21. The molecule has 0 aliphatic rings. The van der Waals surface area contributed by atoms with E-state index in [2.05, 4.69) is 33.8 Å². The topological polar surface area (TPSA) is 38.5 Å². The number of H-pyrrole nitrogens is 1. The molecule has 88 valence electrons. The maximum Gasteiger partial charge on any atom is 0.184 e. The summed E-state index contributed by atoms with van der Waals surface area (Å²) in [4.78, 5) is 3.24. The number of nitrogens with one attached hydrogen (secondary N) is 1. The molecule has 0 spiro atoms. The summed E-state index contributed by atoms with van der Waals surface area (Å²) >= 11 is 7.06. The van der Waals surface area contributed by atoms with E-state index in [0.29, 0.717) is 0 Å². The van der Waals surface area contributed by atoms with Crippen molar-refractivity contribution in [3.05, 3.63) is 27.3 Å². The van der Waals surface area contributed by atoms with Crippen molar-refractivity contribution in [1.29, 1.82) is 0 Å². The van der Waals surface area contributed by atoms with Crippen LogP contribution in [0.4, 0.5) is 0 Å². The van der Waals surface area contributed by atoms with Crippen molar-refractivity contribution >= 4 is 34.7 Å². The lowest BCUT2D eigenvalue weighted by atomic mass is 10.4. The van der Waals surface area contributed by atoms with E-state index in [1.54, 1.807) is 11.3 Å². The van der Waals surface area contributed by atoms with Gasteiger partial charge in [0, 0.05) is 11.9 Å². The van der Waals surface area contributed by atoms with Crippen LogP contribution in [0.2, 0.25) is 0 Å². The molecule has 0 unspecified atom stereocenters. The average Bonchev–Trinajstić information content (AvgIpc) is 2.97. The third-order valence-corrected chi connectivity index (χ3v) is 3.77. The molecule has 3 aromatic heterocycles. The summed E-state index contributed by atoms with van der Waals surface area (Å²) < 4.78 is 4.75. The normalized spacial score (nSPS) is 11.4. The van der Waals surface area contributed by atoms with Gasteiger partial charge in [-0.05, 0) is 37.5 Å². The van der Waals surface area contributed by atoms with E-state index in [1.165, 1.54) is 0 Å². The van der Waals surface area contributed by atoms with E-state index < -0.39 is 0 Å². The number of aryl methyl sites for hydroxylation is 2. The van der Waals surface area contributed by atoms with Gasteiger partial charge in [-0.15, -0.1) is 0 Å². The minimum atomic E-state index is 0.723. The third kappa shape index (κ3) is 1.48. The molecule has 0 fully saturated rings. The number of hydrogen-bond acceptors (Lipinski definition) is 3. The van der Waals surface area contributed by atoms with Gasteiger partial charge in [0.25, 0.3) is 0 Å². The number of imidazole rings is 1. The fourth-order valence-electron chi connectivity index (χ4n) is 2.05. The predicted molar refractivity (Wildman–Crippen MR) is 72.5 cm³/mol. The molecule has 0 bridgehead atoms. The first-order chi connectivity index (χ1) is 8.22. The Balaban J connectivity index is 2.45. The van der Waals surface area contributed by atoms with Crippen LogP contribution in [0.1, 0.15) is 12.6 Å². The molecule has 0 aliphatic heterocycles. The average molecular weight is 264 g/mol. The number of fused-ring (bicyclic) bond motifs is 1. The lowest BCUT2D eigenvalue weighted by Gasteiger charge is -2.03. The molecule has 0 saturated carbocycles. The van der Waals surface area contributed by atoms with Crippen LogP contribution in [0.3, 0.4) is 0 Å². The number of aromatic amines is 1. The van der Waals surface area contributed by atoms with Gasteiger partial charge in [-0.25, -0.2) is 4.68 Å². The maximum atomic E-state index is 5.39. The zero-order chi connectivity index (χ0) is 12.0. The fraction of sp³-hybridized carbons (Fsp3) is 0.273. The second kappa shape index (κ2) is 3.82. The highest BCUT2D eigenvalue weighted by Crippen LogP contribution is 2.23. The van der Waals surface area contributed by atoms with Crippen LogP contribution in [0, 0.1) is 11.7 Å². The first-order valence-electron chi connectivity index (χ1n) is 5.43. The number of rotatable bonds is 2. The first kappa shape index (κ1) is 10.7. The van der Waals surface area contributed by atoms with Gasteiger partial charge in [-0.2, -0.15) is 16.4 Å². The lowest BCUT2D eigenvalue weighted by molar-refractivity contribution is 0.662. The van der Waals surface area contributed by atoms with Gasteiger partial charge in [0.2, 0.25) is 0 Å². The Morgan fingerprint density at radius 1 is 1.53 bits per heavy atom. The van der Waals surface area contributed by atoms with E-state index in [1.807, 2.05) is 16.2 Å². The monoisotopic (exact) mass is 264 g/mol. The van der Waals surface area contributed by atoms with Crippen molar-refractivity contribution in [3.63, 3.8) is 0 Å². The van der Waals surface area contributed by atoms with Crippen molar-refractivity contribution < 1.29 is 0 Å². The van der Waals surface area contributed by atoms with Crippen LogP contribution in [0.15, 0.2) is 16.8 Å². The highest BCUT2D eigenvalue weighted by molar-refractivity contribution is 7.71. The van der Waals surface area contributed by atoms with Crippen molar-refractivity contribution in [2.45, 2.75) is 20.4 Å². The smallest absolute Gasteiger partial charge is 0.184 e. The van der Waals surface area contributed by atoms with Crippen molar-refractivity contribution in [2.75, 3.05) is 0 Å². The Kier molecular flexibility index (Phi) is 2.41. The number of aromatic nitrogens is 4. The first-order valence-corrected chi connectivity index (χ1v) is 6.78. The van der Waals surface area contributed by atoms with Gasteiger partial charge in [-0.3, -0.25) is 4.57 Å². The highest BCUT2D eigenvalue weighted by Gasteiger charge is 2.14. The van der Waals surface area contributed by atoms with Gasteiger partial charge in [0.05, 0.1) is 11.4 Å². The molecule has 4 nitrogen and oxygen atoms in total. The molecule has 3 aromatic rings. The summed E-state index contributed by atoms with van der Waals surface area (Å²) in [5.74, 6) is 0. The molecule has 0 saturated heterocycles. The Morgan fingerprint density at radius 3 is 3.00 bits per heavy atom. The Morgan fingerprint density at radius 2 is 2.35 bits per heavy atom. The minimum absolute atomic E-state index is 0.723. The molecule has 17 heavy (non-hydrogen) atoms. The van der Waals surface area contributed by atoms with E-state index >= 15 is 0 Å². The summed E-state index contributed by atoms with van der Waals surface area (Å²) in [5.41, 5.74) is 4.17. The Bertz CT molecular complexity index is 715. The second-order valence-electron chi connectivity index (χ2n) is 3.85. The quantitative estimate of drug-likeness (QED) is 0.721. The Hall–Kier alpha value is -1.40. The molecular weight excluding hydrogens is 252 g/mol. The molecule has 0 radical (unpaired) electrons. The van der Waals surface area contributed by atoms with Gasteiger partial charge in [-0.1, -0.05) is 0 Å². The van der Waals surface area contributed by atoms with Crippen molar-refractivity contribution in [3.8, 4) is 5.69 Å². The summed E-state index contributed by atoms with van der Waals surface area (Å²) in [6.45, 7) is 4.92. The molecule has 3 heterocycles. The largest absolute Gasteiger partial charge is 0.327 e. The van der Waals surface area contributed by atoms with E-state index in [-0.39, 0.29) is 0 Å². The highest BCUT2D eigenvalue weighted by atomic mass is 32.1. The van der Waals surface area contributed by atoms with Crippen molar-refractivity contribution in [1.82, 2.24) is 19.3 Å². The summed E-state index contributed by atoms with van der Waals surface area (Å²) in [5, 5.41) is 8.64. The molecule has 6 heteroatoms. The van der Waals surface area contributed by atoms with Crippen molar-refractivity contribution in [2.24, 2.45) is 0 Å². The van der Waals surface area contributed by atoms with E-state index in [9.17, 15) is 0 Å². The van der Waals surface area contributed by atoms with E-state index in [0.717, 1.165) is 33.9 Å². The van der Waals surface area contributed by atoms with Gasteiger partial charge < -0.3 is 4.98 Å². The Labute approximate surface area is 108 Å². The minimum Gasteiger partial charge on any atom is -0.327 e. The number of thiophene rings is 1. The van der Waals surface area contributed by atoms with Crippen LogP contribution in [-0.4, -0.2) is 19.3 Å². The third-order valence-electron chi connectivity index (χ3n) is 2.81. The van der Waals surface area contributed by atoms with Crippen LogP contribution >= 0.6 is 23.6 Å². The van der Waals surface area contributed by atoms with Gasteiger partial charge in [0.15, 0.2) is 10.4 Å². The molecule has 0 atom stereocenters. The molecule has 0 amide bonds. The van der Waals surface area contributed by atoms with Crippen LogP contribution in [0.5, 0.6) is 0 Å². The lowest BCUT2D eigenvalue weighted by Crippen LogP contribution is -2.02.